The number of aliphatic hydroxyl groups excluding tert-OH is 1. The maximum atomic E-state index is 12.6. The minimum atomic E-state index is -0.834. The molecule has 0 spiro atoms. The van der Waals surface area contributed by atoms with Crippen LogP contribution in [0.2, 0.25) is 0 Å². The topological polar surface area (TPSA) is 139 Å². The third-order valence-electron chi connectivity index (χ3n) is 7.32. The van der Waals surface area contributed by atoms with Gasteiger partial charge in [0, 0.05) is 18.8 Å². The fourth-order valence-corrected chi connectivity index (χ4v) is 4.61. The molecule has 3 aromatic carbocycles. The molecule has 1 N–H and O–H groups in total. The molecule has 0 radical (unpaired) electrons. The van der Waals surface area contributed by atoms with Gasteiger partial charge in [-0.15, -0.1) is 0 Å². The molecule has 0 aliphatic carbocycles. The van der Waals surface area contributed by atoms with Crippen LogP contribution in [-0.2, 0) is 23.8 Å². The van der Waals surface area contributed by atoms with E-state index in [4.69, 9.17) is 38.3 Å². The van der Waals surface area contributed by atoms with E-state index in [0.29, 0.717) is 35.2 Å². The molecule has 11 nitrogen and oxygen atoms in total. The molecule has 11 heteroatoms. The third-order valence-corrected chi connectivity index (χ3v) is 7.32. The smallest absolute Gasteiger partial charge is 0.343 e. The minimum Gasteiger partial charge on any atom is -0.494 e. The molecule has 0 saturated carbocycles. The lowest BCUT2D eigenvalue weighted by Gasteiger charge is -2.17. The Hall–Kier alpha value is -5.13. The zero-order valence-corrected chi connectivity index (χ0v) is 27.3. The summed E-state index contributed by atoms with van der Waals surface area (Å²) in [5.74, 6) is 0.354. The fourth-order valence-electron chi connectivity index (χ4n) is 4.61. The normalized spacial score (nSPS) is 15.3. The molecule has 3 aromatic rings. The SMILES string of the molecule is C=CC(=O)OCC(COc1ccc(C2OC2Oc2ccc(OC(=O)c3ccc(OCCCCCCCCO)cc3)cc2)cc1)OC(=O)C=C. The van der Waals surface area contributed by atoms with Gasteiger partial charge >= 0.3 is 17.9 Å². The highest BCUT2D eigenvalue weighted by atomic mass is 16.8. The second kappa shape index (κ2) is 19.6. The highest BCUT2D eigenvalue weighted by Crippen LogP contribution is 2.40. The summed E-state index contributed by atoms with van der Waals surface area (Å²) < 4.78 is 38.7. The van der Waals surface area contributed by atoms with Crippen LogP contribution in [0.1, 0.15) is 60.6 Å². The molecule has 0 aromatic heterocycles. The van der Waals surface area contributed by atoms with Gasteiger partial charge in [-0.2, -0.15) is 0 Å². The lowest BCUT2D eigenvalue weighted by molar-refractivity contribution is -0.154. The average molecular weight is 675 g/mol. The molecule has 3 atom stereocenters. The number of esters is 3. The van der Waals surface area contributed by atoms with Crippen molar-refractivity contribution in [2.24, 2.45) is 0 Å². The van der Waals surface area contributed by atoms with Gasteiger partial charge < -0.3 is 38.3 Å². The van der Waals surface area contributed by atoms with Crippen molar-refractivity contribution >= 4 is 17.9 Å². The molecular weight excluding hydrogens is 632 g/mol. The van der Waals surface area contributed by atoms with E-state index in [1.807, 2.05) is 12.1 Å². The van der Waals surface area contributed by atoms with E-state index in [1.54, 1.807) is 60.7 Å². The standard InChI is InChI=1S/C38H42O11/c1-3-34(40)45-26-33(46-35(41)4-2)25-44-30-15-11-27(12-16-30)36-38(49-36)48-32-21-19-31(20-22-32)47-37(42)28-13-17-29(18-14-28)43-24-10-8-6-5-7-9-23-39/h3-4,11-22,33,36,38-39H,1-2,5-10,23-26H2. The zero-order valence-electron chi connectivity index (χ0n) is 27.3. The second-order valence-electron chi connectivity index (χ2n) is 11.1. The predicted octanol–water partition coefficient (Wildman–Crippen LogP) is 6.30. The number of carbonyl (C=O) groups is 3. The first-order valence-corrected chi connectivity index (χ1v) is 16.2. The molecule has 3 unspecified atom stereocenters. The molecule has 1 fully saturated rings. The Morgan fingerprint density at radius 2 is 1.31 bits per heavy atom. The first kappa shape index (κ1) is 36.7. The second-order valence-corrected chi connectivity index (χ2v) is 11.1. The number of aliphatic hydroxyl groups is 1. The molecule has 1 aliphatic heterocycles. The predicted molar refractivity (Wildman–Crippen MR) is 180 cm³/mol. The van der Waals surface area contributed by atoms with E-state index in [9.17, 15) is 14.4 Å². The first-order valence-electron chi connectivity index (χ1n) is 16.2. The maximum Gasteiger partial charge on any atom is 0.343 e. The number of hydrogen-bond donors (Lipinski definition) is 1. The maximum absolute atomic E-state index is 12.6. The number of unbranched alkanes of at least 4 members (excludes halogenated alkanes) is 5. The van der Waals surface area contributed by atoms with Gasteiger partial charge in [-0.1, -0.05) is 51.0 Å². The summed E-state index contributed by atoms with van der Waals surface area (Å²) in [7, 11) is 0. The Morgan fingerprint density at radius 1 is 0.714 bits per heavy atom. The van der Waals surface area contributed by atoms with E-state index in [0.717, 1.165) is 56.2 Å². The van der Waals surface area contributed by atoms with Crippen molar-refractivity contribution in [3.63, 3.8) is 0 Å². The van der Waals surface area contributed by atoms with Crippen molar-refractivity contribution in [1.29, 1.82) is 0 Å². The summed E-state index contributed by atoms with van der Waals surface area (Å²) in [6.07, 6.45) is 6.65. The number of ether oxygens (including phenoxy) is 7. The summed E-state index contributed by atoms with van der Waals surface area (Å²) in [6, 6.07) is 20.7. The fraction of sp³-hybridized carbons (Fsp3) is 0.342. The molecular formula is C38H42O11. The van der Waals surface area contributed by atoms with Crippen molar-refractivity contribution in [2.75, 3.05) is 26.4 Å². The van der Waals surface area contributed by atoms with E-state index < -0.39 is 30.3 Å². The van der Waals surface area contributed by atoms with Crippen LogP contribution in [0.5, 0.6) is 23.0 Å². The van der Waals surface area contributed by atoms with E-state index in [-0.39, 0.29) is 25.9 Å². The van der Waals surface area contributed by atoms with Gasteiger partial charge in [0.25, 0.3) is 0 Å². The Labute approximate surface area is 286 Å². The molecule has 260 valence electrons. The number of benzene rings is 3. The van der Waals surface area contributed by atoms with Crippen molar-refractivity contribution < 1.29 is 52.6 Å². The van der Waals surface area contributed by atoms with E-state index in [1.165, 1.54) is 0 Å². The van der Waals surface area contributed by atoms with Crippen LogP contribution in [0.25, 0.3) is 0 Å². The van der Waals surface area contributed by atoms with Crippen LogP contribution in [0.3, 0.4) is 0 Å². The van der Waals surface area contributed by atoms with Crippen LogP contribution in [-0.4, -0.2) is 61.8 Å². The molecule has 49 heavy (non-hydrogen) atoms. The molecule has 0 bridgehead atoms. The van der Waals surface area contributed by atoms with Gasteiger partial charge in [0.15, 0.2) is 6.10 Å². The number of rotatable bonds is 22. The summed E-state index contributed by atoms with van der Waals surface area (Å²) in [5.41, 5.74) is 1.28. The van der Waals surface area contributed by atoms with E-state index >= 15 is 0 Å². The largest absolute Gasteiger partial charge is 0.494 e. The van der Waals surface area contributed by atoms with Crippen molar-refractivity contribution in [2.45, 2.75) is 57.0 Å². The van der Waals surface area contributed by atoms with Crippen molar-refractivity contribution in [3.8, 4) is 23.0 Å². The molecule has 1 aliphatic rings. The first-order chi connectivity index (χ1) is 23.9. The number of hydrogen-bond acceptors (Lipinski definition) is 11. The highest BCUT2D eigenvalue weighted by Gasteiger charge is 2.42. The van der Waals surface area contributed by atoms with Crippen molar-refractivity contribution in [1.82, 2.24) is 0 Å². The van der Waals surface area contributed by atoms with Crippen LogP contribution < -0.4 is 18.9 Å². The van der Waals surface area contributed by atoms with E-state index in [2.05, 4.69) is 13.2 Å². The Kier molecular flexibility index (Phi) is 14.7. The van der Waals surface area contributed by atoms with Gasteiger partial charge in [-0.3, -0.25) is 0 Å². The van der Waals surface area contributed by atoms with Gasteiger partial charge in [0.2, 0.25) is 6.29 Å². The lowest BCUT2D eigenvalue weighted by Crippen LogP contribution is -2.30. The molecule has 1 saturated heterocycles. The number of carbonyl (C=O) groups excluding carboxylic acids is 3. The van der Waals surface area contributed by atoms with Gasteiger partial charge in [0.05, 0.1) is 12.2 Å². The van der Waals surface area contributed by atoms with Gasteiger partial charge in [-0.05, 0) is 79.1 Å². The minimum absolute atomic E-state index is 0.0455. The summed E-state index contributed by atoms with van der Waals surface area (Å²) in [6.45, 7) is 7.33. The van der Waals surface area contributed by atoms with Crippen molar-refractivity contribution in [3.05, 3.63) is 109 Å². The third kappa shape index (κ3) is 12.8. The highest BCUT2D eigenvalue weighted by molar-refractivity contribution is 5.91. The molecule has 4 rings (SSSR count). The van der Waals surface area contributed by atoms with Gasteiger partial charge in [-0.25, -0.2) is 14.4 Å². The van der Waals surface area contributed by atoms with Gasteiger partial charge in [0.1, 0.15) is 42.3 Å². The summed E-state index contributed by atoms with van der Waals surface area (Å²) in [4.78, 5) is 35.6. The summed E-state index contributed by atoms with van der Waals surface area (Å²) >= 11 is 0. The quantitative estimate of drug-likeness (QED) is 0.0422. The van der Waals surface area contributed by atoms with Crippen LogP contribution in [0.15, 0.2) is 98.1 Å². The Bertz CT molecular complexity index is 1500. The van der Waals surface area contributed by atoms with Crippen LogP contribution in [0.4, 0.5) is 0 Å². The Balaban J connectivity index is 1.16. The monoisotopic (exact) mass is 674 g/mol. The average Bonchev–Trinajstić information content (AvgIpc) is 3.90. The molecule has 0 amide bonds. The summed E-state index contributed by atoms with van der Waals surface area (Å²) in [5, 5.41) is 8.82. The van der Waals surface area contributed by atoms with Crippen LogP contribution in [0, 0.1) is 0 Å². The molecule has 1 heterocycles. The zero-order chi connectivity index (χ0) is 34.8. The number of epoxide rings is 1. The van der Waals surface area contributed by atoms with Crippen LogP contribution >= 0.6 is 0 Å². The Morgan fingerprint density at radius 3 is 1.98 bits per heavy atom. The lowest BCUT2D eigenvalue weighted by atomic mass is 10.1.